The first-order chi connectivity index (χ1) is 31.5. The zero-order valence-corrected chi connectivity index (χ0v) is 39.6. The van der Waals surface area contributed by atoms with Gasteiger partial charge in [0.15, 0.2) is 0 Å². The van der Waals surface area contributed by atoms with E-state index in [0.717, 1.165) is 105 Å². The van der Waals surface area contributed by atoms with Crippen molar-refractivity contribution in [2.24, 2.45) is 0 Å². The van der Waals surface area contributed by atoms with Gasteiger partial charge in [-0.1, -0.05) is 50.2 Å². The quantitative estimate of drug-likeness (QED) is 0.0817. The number of esters is 2. The predicted molar refractivity (Wildman–Crippen MR) is 257 cm³/mol. The first-order valence-corrected chi connectivity index (χ1v) is 24.0. The number of amides is 3. The summed E-state index contributed by atoms with van der Waals surface area (Å²) in [7, 11) is 3.24. The molecule has 348 valence electrons. The van der Waals surface area contributed by atoms with Crippen molar-refractivity contribution in [1.29, 1.82) is 0 Å². The van der Waals surface area contributed by atoms with Crippen molar-refractivity contribution in [2.45, 2.75) is 84.7 Å². The van der Waals surface area contributed by atoms with Gasteiger partial charge in [-0.3, -0.25) is 33.9 Å². The van der Waals surface area contributed by atoms with Gasteiger partial charge in [0.25, 0.3) is 11.8 Å². The van der Waals surface area contributed by atoms with Crippen LogP contribution in [0.25, 0.3) is 0 Å². The Bertz CT molecular complexity index is 2230. The third kappa shape index (κ3) is 13.8. The molecule has 1 fully saturated rings. The van der Waals surface area contributed by atoms with Crippen LogP contribution in [0.5, 0.6) is 0 Å². The normalized spacial score (nSPS) is 14.2. The molecule has 6 rings (SSSR count). The second-order valence-corrected chi connectivity index (χ2v) is 18.1. The summed E-state index contributed by atoms with van der Waals surface area (Å²) in [6.07, 6.45) is 7.24. The van der Waals surface area contributed by atoms with Gasteiger partial charge >= 0.3 is 11.9 Å². The van der Waals surface area contributed by atoms with Crippen LogP contribution in [0, 0.1) is 0 Å². The lowest BCUT2D eigenvalue weighted by molar-refractivity contribution is -0.145. The van der Waals surface area contributed by atoms with Crippen LogP contribution in [0.3, 0.4) is 0 Å². The molecule has 0 saturated carbocycles. The number of anilines is 2. The Balaban J connectivity index is 1.05. The Morgan fingerprint density at radius 1 is 0.738 bits per heavy atom. The Morgan fingerprint density at radius 3 is 2.03 bits per heavy atom. The molecule has 4 aromatic rings. The molecule has 2 heterocycles. The van der Waals surface area contributed by atoms with Crippen molar-refractivity contribution in [3.05, 3.63) is 117 Å². The van der Waals surface area contributed by atoms with Gasteiger partial charge in [-0.2, -0.15) is 0 Å². The van der Waals surface area contributed by atoms with Crippen molar-refractivity contribution in [3.63, 3.8) is 0 Å². The molecule has 3 aromatic carbocycles. The highest BCUT2D eigenvalue weighted by Gasteiger charge is 2.28. The monoisotopic (exact) mass is 906 g/mol. The third-order valence-corrected chi connectivity index (χ3v) is 13.8. The zero-order chi connectivity index (χ0) is 46.3. The number of carbonyl (C=O) groups excluding carboxylic acids is 5. The van der Waals surface area contributed by atoms with Crippen LogP contribution >= 0.6 is 11.3 Å². The van der Waals surface area contributed by atoms with Crippen LogP contribution in [0.1, 0.15) is 105 Å². The minimum Gasteiger partial charge on any atom is -0.465 e. The minimum absolute atomic E-state index is 0.0715. The molecule has 0 spiro atoms. The molecule has 3 amide bonds. The molecule has 65 heavy (non-hydrogen) atoms. The first-order valence-electron chi connectivity index (χ1n) is 23.2. The summed E-state index contributed by atoms with van der Waals surface area (Å²) in [5.41, 5.74) is 6.54. The van der Waals surface area contributed by atoms with Crippen LogP contribution in [0.15, 0.2) is 72.8 Å². The highest BCUT2D eigenvalue weighted by molar-refractivity contribution is 7.17. The van der Waals surface area contributed by atoms with Gasteiger partial charge < -0.3 is 25.0 Å². The number of piperazine rings is 1. The lowest BCUT2D eigenvalue weighted by atomic mass is 9.95. The molecule has 2 N–H and O–H groups in total. The molecular formula is C51H66N6O7S. The molecule has 14 heteroatoms. The highest BCUT2D eigenvalue weighted by Crippen LogP contribution is 2.39. The van der Waals surface area contributed by atoms with Crippen LogP contribution in [-0.2, 0) is 51.3 Å². The maximum atomic E-state index is 14.1. The molecule has 1 aromatic heterocycles. The van der Waals surface area contributed by atoms with Gasteiger partial charge in [0, 0.05) is 75.0 Å². The number of methoxy groups -OCH3 is 1. The van der Waals surface area contributed by atoms with E-state index in [1.54, 1.807) is 12.1 Å². The van der Waals surface area contributed by atoms with Crippen LogP contribution in [0.4, 0.5) is 10.7 Å². The summed E-state index contributed by atoms with van der Waals surface area (Å²) in [6.45, 7) is 12.0. The maximum Gasteiger partial charge on any atom is 0.337 e. The predicted octanol–water partition coefficient (Wildman–Crippen LogP) is 7.33. The third-order valence-electron chi connectivity index (χ3n) is 12.6. The van der Waals surface area contributed by atoms with Gasteiger partial charge in [-0.15, -0.1) is 11.3 Å². The van der Waals surface area contributed by atoms with Gasteiger partial charge in [-0.05, 0) is 117 Å². The van der Waals surface area contributed by atoms with Crippen LogP contribution in [0.2, 0.25) is 0 Å². The number of likely N-dealkylation sites (N-methyl/N-ethyl adjacent to an activating group) is 1. The number of ether oxygens (including phenoxy) is 2. The number of nitrogens with one attached hydrogen (secondary N) is 2. The Kier molecular flexibility index (Phi) is 18.3. The SMILES string of the molecule is CCOC(=O)CN1CCN(CC(=O)N(C)CCN(Cc2cccc(C(=O)Nc3sc4c(c3C(=O)Nc3ccc(CCc5ccc(C(=O)OC)cc5)cc3)CCCC4)c2)C(CC)CC)CC1. The fourth-order valence-electron chi connectivity index (χ4n) is 8.68. The lowest BCUT2D eigenvalue weighted by Gasteiger charge is -2.35. The van der Waals surface area contributed by atoms with E-state index in [9.17, 15) is 24.0 Å². The van der Waals surface area contributed by atoms with E-state index in [2.05, 4.69) is 39.2 Å². The molecule has 1 aliphatic carbocycles. The maximum absolute atomic E-state index is 14.1. The fourth-order valence-corrected chi connectivity index (χ4v) is 9.96. The number of hydrogen-bond acceptors (Lipinski definition) is 11. The summed E-state index contributed by atoms with van der Waals surface area (Å²) in [6, 6.07) is 23.3. The van der Waals surface area contributed by atoms with Crippen LogP contribution in [-0.4, -0.2) is 128 Å². The zero-order valence-electron chi connectivity index (χ0n) is 38.8. The van der Waals surface area contributed by atoms with Gasteiger partial charge in [0.1, 0.15) is 5.00 Å². The summed E-state index contributed by atoms with van der Waals surface area (Å²) in [4.78, 5) is 74.7. The molecule has 13 nitrogen and oxygen atoms in total. The number of nitrogens with zero attached hydrogens (tertiary/aromatic N) is 4. The number of thiophene rings is 1. The van der Waals surface area contributed by atoms with E-state index in [0.29, 0.717) is 66.2 Å². The Morgan fingerprint density at radius 2 is 1.38 bits per heavy atom. The van der Waals surface area contributed by atoms with Crippen molar-refractivity contribution < 1.29 is 33.4 Å². The molecule has 0 bridgehead atoms. The van der Waals surface area contributed by atoms with Crippen molar-refractivity contribution in [3.8, 4) is 0 Å². The molecule has 0 atom stereocenters. The highest BCUT2D eigenvalue weighted by atomic mass is 32.1. The van der Waals surface area contributed by atoms with Gasteiger partial charge in [0.2, 0.25) is 5.91 Å². The van der Waals surface area contributed by atoms with Crippen molar-refractivity contribution in [2.75, 3.05) is 83.8 Å². The van der Waals surface area contributed by atoms with E-state index in [1.165, 1.54) is 18.4 Å². The second-order valence-electron chi connectivity index (χ2n) is 17.0. The molecule has 0 unspecified atom stereocenters. The molecule has 1 saturated heterocycles. The van der Waals surface area contributed by atoms with E-state index in [1.807, 2.05) is 79.5 Å². The smallest absolute Gasteiger partial charge is 0.337 e. The van der Waals surface area contributed by atoms with Gasteiger partial charge in [0.05, 0.1) is 37.9 Å². The first kappa shape index (κ1) is 49.0. The summed E-state index contributed by atoms with van der Waals surface area (Å²) < 4.78 is 9.89. The van der Waals surface area contributed by atoms with Crippen molar-refractivity contribution >= 4 is 51.7 Å². The minimum atomic E-state index is -0.353. The number of carbonyl (C=O) groups is 5. The second kappa shape index (κ2) is 24.2. The fraction of sp³-hybridized carbons (Fsp3) is 0.471. The molecule has 0 radical (unpaired) electrons. The molecule has 1 aliphatic heterocycles. The number of rotatable bonds is 21. The Labute approximate surface area is 388 Å². The molecular weight excluding hydrogens is 841 g/mol. The average Bonchev–Trinajstić information content (AvgIpc) is 3.69. The van der Waals surface area contributed by atoms with E-state index < -0.39 is 0 Å². The summed E-state index contributed by atoms with van der Waals surface area (Å²) >= 11 is 1.50. The topological polar surface area (TPSA) is 141 Å². The largest absolute Gasteiger partial charge is 0.465 e. The van der Waals surface area contributed by atoms with E-state index >= 15 is 0 Å². The summed E-state index contributed by atoms with van der Waals surface area (Å²) in [5, 5.41) is 6.82. The number of aryl methyl sites for hydroxylation is 3. The average molecular weight is 907 g/mol. The number of benzene rings is 3. The Hall–Kier alpha value is -5.41. The summed E-state index contributed by atoms with van der Waals surface area (Å²) in [5.74, 6) is -0.984. The lowest BCUT2D eigenvalue weighted by Crippen LogP contribution is -2.51. The standard InChI is InChI=1S/C51H66N6O7S/c1-6-42(7-2)57(31-26-54(4)45(58)34-55-27-29-56(30-28-55)35-46(59)64-8-3)33-38-12-11-13-40(32-38)48(60)53-50-47(43-14-9-10-15-44(43)65-50)49(61)52-41-24-20-37(21-25-41)17-16-36-18-22-39(23-19-36)51(62)63-5/h11-13,18-25,32,42H,6-10,14-17,26-31,33-35H2,1-5H3,(H,52,61)(H,53,60). The van der Waals surface area contributed by atoms with E-state index in [-0.39, 0.29) is 36.2 Å². The van der Waals surface area contributed by atoms with Gasteiger partial charge in [-0.25, -0.2) is 4.79 Å². The van der Waals surface area contributed by atoms with Crippen LogP contribution < -0.4 is 10.6 Å². The van der Waals surface area contributed by atoms with Crippen molar-refractivity contribution in [1.82, 2.24) is 19.6 Å². The number of hydrogen-bond donors (Lipinski definition) is 2. The number of fused-ring (bicyclic) bond motifs is 1. The van der Waals surface area contributed by atoms with E-state index in [4.69, 9.17) is 9.47 Å². The molecule has 2 aliphatic rings.